The molecule has 0 spiro atoms. The van der Waals surface area contributed by atoms with E-state index in [1.54, 1.807) is 23.6 Å². The van der Waals surface area contributed by atoms with Gasteiger partial charge in [-0.2, -0.15) is 0 Å². The van der Waals surface area contributed by atoms with E-state index >= 15 is 4.39 Å². The van der Waals surface area contributed by atoms with Crippen LogP contribution in [0, 0.1) is 17.5 Å². The van der Waals surface area contributed by atoms with Crippen molar-refractivity contribution in [3.63, 3.8) is 0 Å². The van der Waals surface area contributed by atoms with Crippen LogP contribution in [0.25, 0.3) is 17.3 Å². The molecule has 2 aromatic carbocycles. The molecule has 1 aromatic heterocycles. The van der Waals surface area contributed by atoms with Crippen molar-refractivity contribution in [1.29, 1.82) is 0 Å². The average molecular weight is 563 g/mol. The molecule has 208 valence electrons. The summed E-state index contributed by atoms with van der Waals surface area (Å²) in [6, 6.07) is 6.47. The third-order valence-electron chi connectivity index (χ3n) is 5.87. The van der Waals surface area contributed by atoms with Crippen LogP contribution in [0.4, 0.5) is 18.3 Å². The number of hydrogen-bond donors (Lipinski definition) is 2. The normalized spacial score (nSPS) is 12.4. The fourth-order valence-corrected chi connectivity index (χ4v) is 4.40. The molecule has 0 radical (unpaired) electrons. The predicted octanol–water partition coefficient (Wildman–Crippen LogP) is 6.86. The number of rotatable bonds is 13. The zero-order chi connectivity index (χ0) is 28.5. The highest BCUT2D eigenvalue weighted by Gasteiger charge is 2.21. The number of methoxy groups -OCH3 is 1. The number of carbonyl (C=O) groups is 2. The minimum Gasteiger partial charge on any atom is -0.478 e. The van der Waals surface area contributed by atoms with E-state index in [2.05, 4.69) is 17.2 Å². The summed E-state index contributed by atoms with van der Waals surface area (Å²) in [5.74, 6) is -4.86. The molecular weight excluding hydrogens is 533 g/mol. The number of aliphatic carboxylic acids is 1. The smallest absolute Gasteiger partial charge is 0.331 e. The first-order valence-electron chi connectivity index (χ1n) is 12.2. The van der Waals surface area contributed by atoms with E-state index in [0.717, 1.165) is 42.4 Å². The minimum absolute atomic E-state index is 0.0962. The fourth-order valence-electron chi connectivity index (χ4n) is 3.69. The second-order valence-electron chi connectivity index (χ2n) is 8.67. The molecule has 1 atom stereocenters. The van der Waals surface area contributed by atoms with Gasteiger partial charge >= 0.3 is 5.97 Å². The van der Waals surface area contributed by atoms with Crippen LogP contribution in [0.2, 0.25) is 0 Å². The van der Waals surface area contributed by atoms with Gasteiger partial charge in [0.2, 0.25) is 0 Å². The maximum atomic E-state index is 15.5. The Morgan fingerprint density at radius 1 is 1.18 bits per heavy atom. The van der Waals surface area contributed by atoms with Gasteiger partial charge in [0.05, 0.1) is 11.8 Å². The van der Waals surface area contributed by atoms with Crippen molar-refractivity contribution in [3.05, 3.63) is 75.4 Å². The number of carboxylic acid groups (broad SMARTS) is 1. The van der Waals surface area contributed by atoms with Crippen molar-refractivity contribution in [2.75, 3.05) is 25.6 Å². The first kappa shape index (κ1) is 30.0. The Balaban J connectivity index is 1.75. The molecule has 0 fully saturated rings. The quantitative estimate of drug-likeness (QED) is 0.174. The molecule has 2 N–H and O–H groups in total. The van der Waals surface area contributed by atoms with Crippen LogP contribution in [0.1, 0.15) is 60.7 Å². The number of nitrogens with one attached hydrogen (secondary N) is 1. The number of ether oxygens (including phenoxy) is 2. The molecule has 0 saturated heterocycles. The summed E-state index contributed by atoms with van der Waals surface area (Å²) in [4.78, 5) is 27.9. The molecule has 0 bridgehead atoms. The molecular formula is C28H29F3N2O5S. The fraction of sp³-hybridized carbons (Fsp3) is 0.321. The largest absolute Gasteiger partial charge is 0.478 e. The summed E-state index contributed by atoms with van der Waals surface area (Å²) >= 11 is 1.02. The number of nitrogens with zero attached hydrogens (tertiary/aromatic N) is 1. The predicted molar refractivity (Wildman–Crippen MR) is 143 cm³/mol. The number of aromatic nitrogens is 1. The van der Waals surface area contributed by atoms with Gasteiger partial charge in [0.25, 0.3) is 5.91 Å². The van der Waals surface area contributed by atoms with Gasteiger partial charge in [-0.05, 0) is 37.6 Å². The SMILES string of the molecule is CCCCOCCC(OC)c1cccc(-c2csc(NC(=O)c3cc(F)c(/C=C(\C)C(=O)O)c(F)c3)n2)c1F. The van der Waals surface area contributed by atoms with E-state index in [4.69, 9.17) is 14.6 Å². The molecule has 39 heavy (non-hydrogen) atoms. The number of unbranched alkanes of at least 4 members (excludes halogenated alkanes) is 1. The number of carbonyl (C=O) groups excluding carboxylic acids is 1. The van der Waals surface area contributed by atoms with E-state index in [-0.39, 0.29) is 27.5 Å². The second kappa shape index (κ2) is 14.0. The van der Waals surface area contributed by atoms with Crippen molar-refractivity contribution >= 4 is 34.4 Å². The highest BCUT2D eigenvalue weighted by atomic mass is 32.1. The van der Waals surface area contributed by atoms with Gasteiger partial charge in [-0.25, -0.2) is 22.9 Å². The van der Waals surface area contributed by atoms with Crippen LogP contribution in [0.5, 0.6) is 0 Å². The number of anilines is 1. The molecule has 0 aliphatic heterocycles. The van der Waals surface area contributed by atoms with E-state index in [1.165, 1.54) is 14.0 Å². The highest BCUT2D eigenvalue weighted by molar-refractivity contribution is 7.14. The summed E-state index contributed by atoms with van der Waals surface area (Å²) in [6.07, 6.45) is 2.76. The lowest BCUT2D eigenvalue weighted by atomic mass is 10.0. The molecule has 0 aliphatic carbocycles. The molecule has 1 unspecified atom stereocenters. The van der Waals surface area contributed by atoms with Gasteiger partial charge in [-0.15, -0.1) is 11.3 Å². The first-order valence-corrected chi connectivity index (χ1v) is 13.1. The molecule has 0 aliphatic rings. The van der Waals surface area contributed by atoms with Crippen LogP contribution in [-0.4, -0.2) is 42.3 Å². The minimum atomic E-state index is -1.33. The van der Waals surface area contributed by atoms with Gasteiger partial charge in [0, 0.05) is 60.0 Å². The first-order chi connectivity index (χ1) is 18.7. The zero-order valence-corrected chi connectivity index (χ0v) is 22.5. The molecule has 3 rings (SSSR count). The maximum Gasteiger partial charge on any atom is 0.331 e. The van der Waals surface area contributed by atoms with Gasteiger partial charge in [0.15, 0.2) is 5.13 Å². The van der Waals surface area contributed by atoms with Crippen molar-refractivity contribution in [2.24, 2.45) is 0 Å². The van der Waals surface area contributed by atoms with E-state index in [0.29, 0.717) is 25.2 Å². The summed E-state index contributed by atoms with van der Waals surface area (Å²) in [6.45, 7) is 4.32. The molecule has 11 heteroatoms. The van der Waals surface area contributed by atoms with Crippen molar-refractivity contribution < 1.29 is 37.3 Å². The Morgan fingerprint density at radius 2 is 1.90 bits per heavy atom. The maximum absolute atomic E-state index is 15.5. The zero-order valence-electron chi connectivity index (χ0n) is 21.7. The van der Waals surface area contributed by atoms with Crippen molar-refractivity contribution in [3.8, 4) is 11.3 Å². The van der Waals surface area contributed by atoms with Crippen molar-refractivity contribution in [2.45, 2.75) is 39.2 Å². The van der Waals surface area contributed by atoms with Gasteiger partial charge in [-0.1, -0.05) is 25.5 Å². The second-order valence-corrected chi connectivity index (χ2v) is 9.52. The monoisotopic (exact) mass is 562 g/mol. The number of hydrogen-bond acceptors (Lipinski definition) is 6. The van der Waals surface area contributed by atoms with Gasteiger partial charge < -0.3 is 14.6 Å². The third-order valence-corrected chi connectivity index (χ3v) is 6.62. The lowest BCUT2D eigenvalue weighted by Crippen LogP contribution is -2.13. The van der Waals surface area contributed by atoms with Crippen LogP contribution in [0.15, 0.2) is 41.3 Å². The molecule has 1 amide bonds. The third kappa shape index (κ3) is 7.75. The molecule has 7 nitrogen and oxygen atoms in total. The number of thiazole rings is 1. The van der Waals surface area contributed by atoms with Crippen LogP contribution >= 0.6 is 11.3 Å². The Hall–Kier alpha value is -3.54. The number of amides is 1. The Labute approximate surface area is 228 Å². The summed E-state index contributed by atoms with van der Waals surface area (Å²) in [7, 11) is 1.50. The lowest BCUT2D eigenvalue weighted by molar-refractivity contribution is -0.132. The lowest BCUT2D eigenvalue weighted by Gasteiger charge is -2.17. The van der Waals surface area contributed by atoms with Crippen LogP contribution in [0.3, 0.4) is 0 Å². The van der Waals surface area contributed by atoms with E-state index < -0.39 is 41.0 Å². The Morgan fingerprint density at radius 3 is 2.54 bits per heavy atom. The highest BCUT2D eigenvalue weighted by Crippen LogP contribution is 2.33. The molecule has 1 heterocycles. The van der Waals surface area contributed by atoms with Crippen LogP contribution < -0.4 is 5.32 Å². The summed E-state index contributed by atoms with van der Waals surface area (Å²) < 4.78 is 55.4. The topological polar surface area (TPSA) is 97.8 Å². The number of carboxylic acids is 1. The van der Waals surface area contributed by atoms with Crippen molar-refractivity contribution in [1.82, 2.24) is 4.98 Å². The van der Waals surface area contributed by atoms with E-state index in [9.17, 15) is 18.4 Å². The standard InChI is InChI=1S/C28H29F3N2O5S/c1-4-5-10-38-11-9-24(37-3)19-8-6-7-18(25(19)31)23-15-39-28(32-23)33-26(34)17-13-21(29)20(22(30)14-17)12-16(2)27(35)36/h6-8,12-15,24H,4-5,9-11H2,1-3H3,(H,35,36)(H,32,33,34)/b16-12+. The molecule has 3 aromatic rings. The van der Waals surface area contributed by atoms with Gasteiger partial charge in [-0.3, -0.25) is 10.1 Å². The van der Waals surface area contributed by atoms with Crippen LogP contribution in [-0.2, 0) is 14.3 Å². The number of benzene rings is 2. The summed E-state index contributed by atoms with van der Waals surface area (Å²) in [5, 5.41) is 13.0. The molecule has 0 saturated carbocycles. The number of halogens is 3. The van der Waals surface area contributed by atoms with Gasteiger partial charge in [0.1, 0.15) is 17.5 Å². The Bertz CT molecular complexity index is 1340. The van der Waals surface area contributed by atoms with E-state index in [1.807, 2.05) is 0 Å². The average Bonchev–Trinajstić information content (AvgIpc) is 3.36. The summed E-state index contributed by atoms with van der Waals surface area (Å²) in [5.41, 5.74) is -0.338. The Kier molecular flexibility index (Phi) is 10.8.